The zero-order valence-electron chi connectivity index (χ0n) is 11.5. The lowest BCUT2D eigenvalue weighted by Gasteiger charge is -2.13. The van der Waals surface area contributed by atoms with Gasteiger partial charge in [-0.1, -0.05) is 24.3 Å². The first kappa shape index (κ1) is 14.1. The molecule has 0 fully saturated rings. The Morgan fingerprint density at radius 3 is 2.60 bits per heavy atom. The van der Waals surface area contributed by atoms with Crippen molar-refractivity contribution in [2.24, 2.45) is 0 Å². The van der Waals surface area contributed by atoms with E-state index in [1.165, 1.54) is 6.07 Å². The van der Waals surface area contributed by atoms with Gasteiger partial charge in [0.05, 0.1) is 17.8 Å². The van der Waals surface area contributed by atoms with Crippen LogP contribution in [0.15, 0.2) is 36.4 Å². The zero-order chi connectivity index (χ0) is 14.7. The van der Waals surface area contributed by atoms with Crippen LogP contribution in [0.3, 0.4) is 0 Å². The molecule has 104 valence electrons. The highest BCUT2D eigenvalue weighted by atomic mass is 19.1. The predicted octanol–water partition coefficient (Wildman–Crippen LogP) is 3.21. The Labute approximate surface area is 117 Å². The van der Waals surface area contributed by atoms with Gasteiger partial charge < -0.3 is 11.1 Å². The average molecular weight is 272 g/mol. The van der Waals surface area contributed by atoms with E-state index in [0.717, 1.165) is 11.1 Å². The standard InChI is InChI=1S/C16H17FN2O/c1-10-7-8-14(18)16(11(10)2)19-15(20)9-12-5-3-4-6-13(12)17/h3-8H,9,18H2,1-2H3,(H,19,20). The van der Waals surface area contributed by atoms with E-state index in [0.29, 0.717) is 16.9 Å². The van der Waals surface area contributed by atoms with Gasteiger partial charge >= 0.3 is 0 Å². The second-order valence-corrected chi connectivity index (χ2v) is 4.79. The molecule has 4 heteroatoms. The SMILES string of the molecule is Cc1ccc(N)c(NC(=O)Cc2ccccc2F)c1C. The van der Waals surface area contributed by atoms with Crippen molar-refractivity contribution in [3.8, 4) is 0 Å². The van der Waals surface area contributed by atoms with Gasteiger partial charge in [0, 0.05) is 0 Å². The summed E-state index contributed by atoms with van der Waals surface area (Å²) in [5, 5.41) is 2.76. The first-order valence-electron chi connectivity index (χ1n) is 6.38. The number of halogens is 1. The molecular weight excluding hydrogens is 255 g/mol. The van der Waals surface area contributed by atoms with Crippen LogP contribution in [0.2, 0.25) is 0 Å². The lowest BCUT2D eigenvalue weighted by Crippen LogP contribution is -2.17. The number of nitrogens with two attached hydrogens (primary N) is 1. The summed E-state index contributed by atoms with van der Waals surface area (Å²) >= 11 is 0. The summed E-state index contributed by atoms with van der Waals surface area (Å²) in [5.74, 6) is -0.660. The van der Waals surface area contributed by atoms with Crippen LogP contribution in [0.1, 0.15) is 16.7 Å². The van der Waals surface area contributed by atoms with Crippen molar-refractivity contribution in [2.75, 3.05) is 11.1 Å². The van der Waals surface area contributed by atoms with E-state index in [9.17, 15) is 9.18 Å². The molecule has 2 aromatic rings. The van der Waals surface area contributed by atoms with Crippen molar-refractivity contribution in [3.63, 3.8) is 0 Å². The van der Waals surface area contributed by atoms with Crippen molar-refractivity contribution in [2.45, 2.75) is 20.3 Å². The molecule has 0 radical (unpaired) electrons. The molecule has 3 N–H and O–H groups in total. The molecule has 20 heavy (non-hydrogen) atoms. The third-order valence-corrected chi connectivity index (χ3v) is 3.34. The number of carbonyl (C=O) groups excluding carboxylic acids is 1. The molecule has 0 saturated heterocycles. The number of benzene rings is 2. The normalized spacial score (nSPS) is 10.3. The van der Waals surface area contributed by atoms with Crippen LogP contribution in [0.4, 0.5) is 15.8 Å². The van der Waals surface area contributed by atoms with Crippen molar-refractivity contribution in [3.05, 3.63) is 58.9 Å². The second-order valence-electron chi connectivity index (χ2n) is 4.79. The molecule has 0 aliphatic carbocycles. The molecule has 0 aliphatic heterocycles. The molecule has 0 heterocycles. The molecule has 2 rings (SSSR count). The molecule has 0 bridgehead atoms. The molecule has 0 aliphatic rings. The van der Waals surface area contributed by atoms with Crippen molar-refractivity contribution >= 4 is 17.3 Å². The third-order valence-electron chi connectivity index (χ3n) is 3.34. The number of amides is 1. The number of hydrogen-bond acceptors (Lipinski definition) is 2. The monoisotopic (exact) mass is 272 g/mol. The van der Waals surface area contributed by atoms with Gasteiger partial charge in [0.15, 0.2) is 0 Å². The third kappa shape index (κ3) is 2.96. The highest BCUT2D eigenvalue weighted by Crippen LogP contribution is 2.26. The van der Waals surface area contributed by atoms with Crippen LogP contribution in [0, 0.1) is 19.7 Å². The molecule has 0 atom stereocenters. The minimum atomic E-state index is -0.378. The van der Waals surface area contributed by atoms with Crippen LogP contribution in [-0.2, 0) is 11.2 Å². The van der Waals surface area contributed by atoms with Crippen LogP contribution >= 0.6 is 0 Å². The molecule has 1 amide bonds. The van der Waals surface area contributed by atoms with Crippen LogP contribution in [0.25, 0.3) is 0 Å². The average Bonchev–Trinajstić information content (AvgIpc) is 2.42. The molecule has 3 nitrogen and oxygen atoms in total. The fraction of sp³-hybridized carbons (Fsp3) is 0.188. The first-order chi connectivity index (χ1) is 9.49. The van der Waals surface area contributed by atoms with Crippen molar-refractivity contribution in [1.29, 1.82) is 0 Å². The van der Waals surface area contributed by atoms with Gasteiger partial charge in [0.2, 0.25) is 5.91 Å². The van der Waals surface area contributed by atoms with E-state index < -0.39 is 0 Å². The summed E-state index contributed by atoms with van der Waals surface area (Å²) in [7, 11) is 0. The highest BCUT2D eigenvalue weighted by Gasteiger charge is 2.12. The molecule has 0 spiro atoms. The van der Waals surface area contributed by atoms with Gasteiger partial charge in [-0.3, -0.25) is 4.79 Å². The number of anilines is 2. The summed E-state index contributed by atoms with van der Waals surface area (Å²) in [6, 6.07) is 9.89. The zero-order valence-corrected chi connectivity index (χ0v) is 11.5. The van der Waals surface area contributed by atoms with Gasteiger partial charge in [0.25, 0.3) is 0 Å². The van der Waals surface area contributed by atoms with E-state index in [1.807, 2.05) is 19.9 Å². The van der Waals surface area contributed by atoms with Crippen LogP contribution in [0.5, 0.6) is 0 Å². The van der Waals surface area contributed by atoms with Gasteiger partial charge in [0.1, 0.15) is 5.82 Å². The number of rotatable bonds is 3. The Hall–Kier alpha value is -2.36. The summed E-state index contributed by atoms with van der Waals surface area (Å²) in [5.41, 5.74) is 9.32. The molecule has 0 unspecified atom stereocenters. The summed E-state index contributed by atoms with van der Waals surface area (Å²) in [6.07, 6.45) is -0.0144. The van der Waals surface area contributed by atoms with Crippen LogP contribution in [-0.4, -0.2) is 5.91 Å². The maximum absolute atomic E-state index is 13.5. The Morgan fingerprint density at radius 1 is 1.20 bits per heavy atom. The fourth-order valence-corrected chi connectivity index (χ4v) is 2.00. The minimum absolute atomic E-state index is 0.0144. The van der Waals surface area contributed by atoms with Gasteiger partial charge in [-0.15, -0.1) is 0 Å². The number of hydrogen-bond donors (Lipinski definition) is 2. The van der Waals surface area contributed by atoms with E-state index in [-0.39, 0.29) is 18.1 Å². The molecule has 2 aromatic carbocycles. The van der Waals surface area contributed by atoms with E-state index in [1.54, 1.807) is 24.3 Å². The lowest BCUT2D eigenvalue weighted by atomic mass is 10.1. The number of nitrogen functional groups attached to an aromatic ring is 1. The minimum Gasteiger partial charge on any atom is -0.397 e. The summed E-state index contributed by atoms with van der Waals surface area (Å²) in [4.78, 5) is 12.0. The summed E-state index contributed by atoms with van der Waals surface area (Å²) < 4.78 is 13.5. The lowest BCUT2D eigenvalue weighted by molar-refractivity contribution is -0.115. The molecule has 0 aromatic heterocycles. The van der Waals surface area contributed by atoms with E-state index >= 15 is 0 Å². The van der Waals surface area contributed by atoms with Gasteiger partial charge in [-0.25, -0.2) is 4.39 Å². The number of nitrogens with one attached hydrogen (secondary N) is 1. The second kappa shape index (κ2) is 5.74. The Bertz CT molecular complexity index is 653. The highest BCUT2D eigenvalue weighted by molar-refractivity contribution is 5.96. The summed E-state index contributed by atoms with van der Waals surface area (Å²) in [6.45, 7) is 3.84. The maximum atomic E-state index is 13.5. The Kier molecular flexibility index (Phi) is 4.03. The largest absolute Gasteiger partial charge is 0.397 e. The predicted molar refractivity (Wildman–Crippen MR) is 79.1 cm³/mol. The van der Waals surface area contributed by atoms with Gasteiger partial charge in [-0.05, 0) is 42.7 Å². The maximum Gasteiger partial charge on any atom is 0.228 e. The molecular formula is C16H17FN2O. The Morgan fingerprint density at radius 2 is 1.90 bits per heavy atom. The first-order valence-corrected chi connectivity index (χ1v) is 6.38. The van der Waals surface area contributed by atoms with Crippen LogP contribution < -0.4 is 11.1 Å². The topological polar surface area (TPSA) is 55.1 Å². The Balaban J connectivity index is 2.17. The number of carbonyl (C=O) groups is 1. The van der Waals surface area contributed by atoms with Gasteiger partial charge in [-0.2, -0.15) is 0 Å². The van der Waals surface area contributed by atoms with Crippen molar-refractivity contribution in [1.82, 2.24) is 0 Å². The molecule has 0 saturated carbocycles. The van der Waals surface area contributed by atoms with E-state index in [4.69, 9.17) is 5.73 Å². The van der Waals surface area contributed by atoms with E-state index in [2.05, 4.69) is 5.32 Å². The fourth-order valence-electron chi connectivity index (χ4n) is 2.00. The smallest absolute Gasteiger partial charge is 0.228 e. The van der Waals surface area contributed by atoms with Crippen molar-refractivity contribution < 1.29 is 9.18 Å². The number of aryl methyl sites for hydroxylation is 1. The quantitative estimate of drug-likeness (QED) is 0.843.